The number of aromatic nitrogens is 3. The number of aryl methyl sites for hydroxylation is 1. The van der Waals surface area contributed by atoms with Crippen molar-refractivity contribution in [3.05, 3.63) is 49.2 Å². The van der Waals surface area contributed by atoms with E-state index < -0.39 is 5.97 Å². The molecule has 2 aromatic heterocycles. The van der Waals surface area contributed by atoms with E-state index in [1.165, 1.54) is 6.92 Å². The molecule has 2 aromatic rings. The molecule has 0 aliphatic carbocycles. The summed E-state index contributed by atoms with van der Waals surface area (Å²) in [5.74, 6) is -1.23. The lowest BCUT2D eigenvalue weighted by Crippen LogP contribution is -2.35. The van der Waals surface area contributed by atoms with Gasteiger partial charge in [-0.1, -0.05) is 13.8 Å². The predicted molar refractivity (Wildman–Crippen MR) is 131 cm³/mol. The molecule has 1 aliphatic rings. The molecule has 0 unspecified atom stereocenters. The number of carboxylic acid groups (broad SMARTS) is 1. The number of hydrogen-bond donors (Lipinski definition) is 1. The highest BCUT2D eigenvalue weighted by Crippen LogP contribution is 2.29. The topological polar surface area (TPSA) is 129 Å². The fourth-order valence-electron chi connectivity index (χ4n) is 3.68. The third-order valence-corrected chi connectivity index (χ3v) is 5.84. The Hall–Kier alpha value is -3.80. The molecule has 1 atom stereocenters. The van der Waals surface area contributed by atoms with E-state index in [1.807, 2.05) is 30.9 Å². The van der Waals surface area contributed by atoms with Crippen LogP contribution in [0.25, 0.3) is 11.3 Å². The van der Waals surface area contributed by atoms with Crippen LogP contribution in [0.3, 0.4) is 0 Å². The van der Waals surface area contributed by atoms with Crippen molar-refractivity contribution >= 4 is 17.7 Å². The van der Waals surface area contributed by atoms with Gasteiger partial charge in [-0.2, -0.15) is 5.26 Å². The number of carboxylic acids is 1. The van der Waals surface area contributed by atoms with Crippen molar-refractivity contribution in [2.45, 2.75) is 65.5 Å². The number of carbonyl (C=O) groups is 3. The molecule has 1 fully saturated rings. The first-order valence-corrected chi connectivity index (χ1v) is 11.6. The summed E-state index contributed by atoms with van der Waals surface area (Å²) < 4.78 is 2.10. The molecule has 35 heavy (non-hydrogen) atoms. The minimum Gasteiger partial charge on any atom is -0.478 e. The molecule has 1 amide bonds. The second kappa shape index (κ2) is 13.2. The van der Waals surface area contributed by atoms with Crippen LogP contribution in [0.1, 0.15) is 52.9 Å². The minimum atomic E-state index is -1.10. The Labute approximate surface area is 206 Å². The molecule has 3 rings (SSSR count). The predicted octanol–water partition coefficient (Wildman–Crippen LogP) is 3.87. The van der Waals surface area contributed by atoms with Crippen LogP contribution in [0, 0.1) is 16.7 Å². The summed E-state index contributed by atoms with van der Waals surface area (Å²) in [5, 5.41) is 17.1. The number of aliphatic carboxylic acids is 1. The van der Waals surface area contributed by atoms with Crippen molar-refractivity contribution in [2.75, 3.05) is 6.54 Å². The van der Waals surface area contributed by atoms with Gasteiger partial charge in [-0.15, -0.1) is 0 Å². The zero-order valence-corrected chi connectivity index (χ0v) is 20.6. The lowest BCUT2D eigenvalue weighted by Gasteiger charge is -2.26. The van der Waals surface area contributed by atoms with Gasteiger partial charge in [0.25, 0.3) is 0 Å². The molecule has 9 nitrogen and oxygen atoms in total. The number of allylic oxidation sites excluding steroid dienone is 1. The van der Waals surface area contributed by atoms with Crippen LogP contribution < -0.4 is 0 Å². The van der Waals surface area contributed by atoms with Crippen molar-refractivity contribution in [1.82, 2.24) is 19.4 Å². The quantitative estimate of drug-likeness (QED) is 0.540. The van der Waals surface area contributed by atoms with E-state index in [2.05, 4.69) is 34.5 Å². The van der Waals surface area contributed by atoms with Gasteiger partial charge in [-0.3, -0.25) is 14.6 Å². The number of imidazole rings is 1. The smallest absolute Gasteiger partial charge is 0.328 e. The van der Waals surface area contributed by atoms with Gasteiger partial charge < -0.3 is 14.6 Å². The highest BCUT2D eigenvalue weighted by molar-refractivity contribution is 5.93. The average molecular weight is 480 g/mol. The summed E-state index contributed by atoms with van der Waals surface area (Å²) in [5.41, 5.74) is 1.99. The third kappa shape index (κ3) is 9.53. The van der Waals surface area contributed by atoms with Gasteiger partial charge in [-0.05, 0) is 56.2 Å². The van der Waals surface area contributed by atoms with Gasteiger partial charge in [0, 0.05) is 49.7 Å². The van der Waals surface area contributed by atoms with Crippen molar-refractivity contribution in [2.24, 2.45) is 5.41 Å². The van der Waals surface area contributed by atoms with Crippen LogP contribution in [-0.2, 0) is 20.9 Å². The molecule has 1 aliphatic heterocycles. The summed E-state index contributed by atoms with van der Waals surface area (Å²) in [6.45, 7) is 7.28. The minimum absolute atomic E-state index is 0.0518. The van der Waals surface area contributed by atoms with Crippen molar-refractivity contribution in [3.8, 4) is 17.3 Å². The highest BCUT2D eigenvalue weighted by Gasteiger charge is 2.29. The molecule has 0 radical (unpaired) electrons. The van der Waals surface area contributed by atoms with Crippen LogP contribution >= 0.6 is 0 Å². The normalized spacial score (nSPS) is 15.4. The Morgan fingerprint density at radius 2 is 2.06 bits per heavy atom. The maximum atomic E-state index is 12.4. The van der Waals surface area contributed by atoms with E-state index in [1.54, 1.807) is 11.1 Å². The lowest BCUT2D eigenvalue weighted by atomic mass is 9.84. The fourth-order valence-corrected chi connectivity index (χ4v) is 3.68. The van der Waals surface area contributed by atoms with Crippen LogP contribution in [0.4, 0.5) is 0 Å². The Balaban J connectivity index is 0.000000466. The zero-order chi connectivity index (χ0) is 25.8. The largest absolute Gasteiger partial charge is 0.478 e. The first kappa shape index (κ1) is 27.4. The molecule has 1 saturated heterocycles. The van der Waals surface area contributed by atoms with E-state index in [0.29, 0.717) is 6.42 Å². The van der Waals surface area contributed by atoms with Crippen LogP contribution in [0.15, 0.2) is 49.2 Å². The monoisotopic (exact) mass is 479 g/mol. The van der Waals surface area contributed by atoms with Crippen molar-refractivity contribution < 1.29 is 19.5 Å². The zero-order valence-electron chi connectivity index (χ0n) is 20.6. The molecule has 1 N–H and O–H groups in total. The summed E-state index contributed by atoms with van der Waals surface area (Å²) in [6.07, 6.45) is 13.3. The fraction of sp³-hybridized carbons (Fsp3) is 0.462. The van der Waals surface area contributed by atoms with E-state index in [-0.39, 0.29) is 23.1 Å². The third-order valence-electron chi connectivity index (χ3n) is 5.84. The number of ketones is 1. The van der Waals surface area contributed by atoms with Crippen LogP contribution in [0.2, 0.25) is 0 Å². The Morgan fingerprint density at radius 3 is 2.66 bits per heavy atom. The molecule has 3 heterocycles. The molecular weight excluding hydrogens is 446 g/mol. The number of hydrogen-bond acceptors (Lipinski definition) is 6. The molecule has 9 heteroatoms. The van der Waals surface area contributed by atoms with Gasteiger partial charge in [0.1, 0.15) is 6.04 Å². The molecule has 0 saturated carbocycles. The SMILES string of the molecule is CC(=O)/C=C/C(=O)O.CC(C)(CCC(=O)N1CCC[C@H]1C#N)CCn1cnc(-c2cccnc2)c1. The van der Waals surface area contributed by atoms with E-state index in [9.17, 15) is 14.4 Å². The number of pyridine rings is 1. The van der Waals surface area contributed by atoms with Gasteiger partial charge in [0.15, 0.2) is 5.78 Å². The standard InChI is InChI=1S/C21H27N5O.C5H6O3/c1-21(2,8-7-20(27)26-11-4-6-18(26)13-22)9-12-25-15-19(24-16-25)17-5-3-10-23-14-17;1-4(6)2-3-5(7)8/h3,5,10,14-16,18H,4,6-9,11-12H2,1-2H3;2-3H,1H3,(H,7,8)/b;3-2+/t18-;/m0./s1. The van der Waals surface area contributed by atoms with Crippen molar-refractivity contribution in [1.29, 1.82) is 5.26 Å². The van der Waals surface area contributed by atoms with E-state index >= 15 is 0 Å². The molecule has 186 valence electrons. The number of rotatable bonds is 9. The van der Waals surface area contributed by atoms with Gasteiger partial charge >= 0.3 is 5.97 Å². The number of nitrogens with zero attached hydrogens (tertiary/aromatic N) is 5. The highest BCUT2D eigenvalue weighted by atomic mass is 16.4. The summed E-state index contributed by atoms with van der Waals surface area (Å²) in [6, 6.07) is 5.93. The molecular formula is C26H33N5O4. The van der Waals surface area contributed by atoms with E-state index in [4.69, 9.17) is 10.4 Å². The lowest BCUT2D eigenvalue weighted by molar-refractivity contribution is -0.132. The molecule has 0 spiro atoms. The Kier molecular flexibility index (Phi) is 10.3. The second-order valence-electron chi connectivity index (χ2n) is 9.31. The molecule has 0 bridgehead atoms. The number of amides is 1. The number of likely N-dealkylation sites (tertiary alicyclic amines) is 1. The van der Waals surface area contributed by atoms with Crippen LogP contribution in [-0.4, -0.2) is 54.8 Å². The van der Waals surface area contributed by atoms with Gasteiger partial charge in [0.05, 0.1) is 18.1 Å². The number of carbonyl (C=O) groups excluding carboxylic acids is 2. The van der Waals surface area contributed by atoms with E-state index in [0.717, 1.165) is 62.2 Å². The van der Waals surface area contributed by atoms with Gasteiger partial charge in [-0.25, -0.2) is 9.78 Å². The Bertz CT molecular complexity index is 1050. The molecule has 0 aromatic carbocycles. The van der Waals surface area contributed by atoms with Gasteiger partial charge in [0.2, 0.25) is 5.91 Å². The first-order valence-electron chi connectivity index (χ1n) is 11.6. The van der Waals surface area contributed by atoms with Crippen molar-refractivity contribution in [3.63, 3.8) is 0 Å². The number of nitriles is 1. The average Bonchev–Trinajstić information content (AvgIpc) is 3.51. The first-order chi connectivity index (χ1) is 16.6. The maximum Gasteiger partial charge on any atom is 0.328 e. The summed E-state index contributed by atoms with van der Waals surface area (Å²) >= 11 is 0. The maximum absolute atomic E-state index is 12.4. The van der Waals surface area contributed by atoms with Crippen LogP contribution in [0.5, 0.6) is 0 Å². The summed E-state index contributed by atoms with van der Waals surface area (Å²) in [4.78, 5) is 42.5. The Morgan fingerprint density at radius 1 is 1.29 bits per heavy atom. The second-order valence-corrected chi connectivity index (χ2v) is 9.31. The summed E-state index contributed by atoms with van der Waals surface area (Å²) in [7, 11) is 0.